The molecule has 2 N–H and O–H groups in total. The van der Waals surface area contributed by atoms with Gasteiger partial charge in [-0.1, -0.05) is 43.9 Å². The second kappa shape index (κ2) is 5.42. The van der Waals surface area contributed by atoms with E-state index in [2.05, 4.69) is 5.32 Å². The zero-order valence-electron chi connectivity index (χ0n) is 10.9. The van der Waals surface area contributed by atoms with Gasteiger partial charge in [-0.05, 0) is 31.4 Å². The number of carboxylic acids is 1. The van der Waals surface area contributed by atoms with Gasteiger partial charge in [0.2, 0.25) is 0 Å². The molecule has 1 aromatic rings. The predicted octanol–water partition coefficient (Wildman–Crippen LogP) is 3.58. The van der Waals surface area contributed by atoms with E-state index in [1.54, 1.807) is 0 Å². The number of nitrogens with one attached hydrogen (secondary N) is 1. The minimum Gasteiger partial charge on any atom is -0.480 e. The van der Waals surface area contributed by atoms with Crippen LogP contribution in [0.25, 0.3) is 0 Å². The molecule has 0 bridgehead atoms. The number of hydrogen-bond donors (Lipinski definition) is 2. The topological polar surface area (TPSA) is 49.3 Å². The van der Waals surface area contributed by atoms with Crippen LogP contribution in [0.15, 0.2) is 24.3 Å². The first-order valence-corrected chi connectivity index (χ1v) is 6.71. The van der Waals surface area contributed by atoms with Gasteiger partial charge in [0, 0.05) is 5.69 Å². The molecule has 3 nitrogen and oxygen atoms in total. The van der Waals surface area contributed by atoms with E-state index < -0.39 is 11.5 Å². The van der Waals surface area contributed by atoms with E-state index in [1.165, 1.54) is 0 Å². The molecular formula is C15H21NO2. The van der Waals surface area contributed by atoms with Gasteiger partial charge in [-0.25, -0.2) is 4.79 Å². The molecule has 3 heteroatoms. The summed E-state index contributed by atoms with van der Waals surface area (Å²) in [5.74, 6) is -0.715. The molecule has 0 amide bonds. The van der Waals surface area contributed by atoms with Gasteiger partial charge in [-0.2, -0.15) is 0 Å². The smallest absolute Gasteiger partial charge is 0.329 e. The maximum atomic E-state index is 11.7. The second-order valence-electron chi connectivity index (χ2n) is 5.24. The number of carboxylic acid groups (broad SMARTS) is 1. The third-order valence-electron chi connectivity index (χ3n) is 3.89. The molecule has 1 aromatic carbocycles. The van der Waals surface area contributed by atoms with Crippen molar-refractivity contribution in [2.45, 2.75) is 51.0 Å². The SMILES string of the molecule is Cc1ccccc1NC1(C(=O)O)CCCCCC1. The Labute approximate surface area is 108 Å². The zero-order valence-corrected chi connectivity index (χ0v) is 10.9. The van der Waals surface area contributed by atoms with E-state index in [9.17, 15) is 9.90 Å². The molecule has 98 valence electrons. The number of aliphatic carboxylic acids is 1. The number of carbonyl (C=O) groups is 1. The minimum absolute atomic E-state index is 0.715. The van der Waals surface area contributed by atoms with E-state index in [0.717, 1.165) is 49.8 Å². The first-order chi connectivity index (χ1) is 8.64. The summed E-state index contributed by atoms with van der Waals surface area (Å²) in [5.41, 5.74) is 1.27. The maximum Gasteiger partial charge on any atom is 0.329 e. The van der Waals surface area contributed by atoms with Crippen LogP contribution in [0.1, 0.15) is 44.1 Å². The molecule has 18 heavy (non-hydrogen) atoms. The number of benzene rings is 1. The lowest BCUT2D eigenvalue weighted by Crippen LogP contribution is -2.46. The quantitative estimate of drug-likeness (QED) is 0.802. The van der Waals surface area contributed by atoms with Crippen LogP contribution in [0.3, 0.4) is 0 Å². The van der Waals surface area contributed by atoms with E-state index >= 15 is 0 Å². The van der Waals surface area contributed by atoms with Crippen LogP contribution >= 0.6 is 0 Å². The molecule has 0 heterocycles. The predicted molar refractivity (Wildman–Crippen MR) is 72.9 cm³/mol. The van der Waals surface area contributed by atoms with Crippen molar-refractivity contribution < 1.29 is 9.90 Å². The average Bonchev–Trinajstić information content (AvgIpc) is 2.59. The first kappa shape index (κ1) is 12.9. The fraction of sp³-hybridized carbons (Fsp3) is 0.533. The number of hydrogen-bond acceptors (Lipinski definition) is 2. The Kier molecular flexibility index (Phi) is 3.90. The Morgan fingerprint density at radius 1 is 1.17 bits per heavy atom. The Morgan fingerprint density at radius 2 is 1.78 bits per heavy atom. The van der Waals surface area contributed by atoms with Gasteiger partial charge in [0.05, 0.1) is 0 Å². The summed E-state index contributed by atoms with van der Waals surface area (Å²) in [6.45, 7) is 2.01. The lowest BCUT2D eigenvalue weighted by atomic mass is 9.89. The molecule has 1 fully saturated rings. The summed E-state index contributed by atoms with van der Waals surface area (Å²) >= 11 is 0. The van der Waals surface area contributed by atoms with Gasteiger partial charge in [0.25, 0.3) is 0 Å². The molecule has 0 unspecified atom stereocenters. The normalized spacial score (nSPS) is 18.9. The Hall–Kier alpha value is -1.51. The molecule has 1 aliphatic carbocycles. The van der Waals surface area contributed by atoms with Crippen LogP contribution in [0.2, 0.25) is 0 Å². The van der Waals surface area contributed by atoms with Crippen molar-refractivity contribution in [1.29, 1.82) is 0 Å². The summed E-state index contributed by atoms with van der Waals surface area (Å²) in [6, 6.07) is 7.89. The number of anilines is 1. The van der Waals surface area contributed by atoms with Crippen LogP contribution < -0.4 is 5.32 Å². The summed E-state index contributed by atoms with van der Waals surface area (Å²) in [5, 5.41) is 12.9. The number of rotatable bonds is 3. The van der Waals surface area contributed by atoms with Gasteiger partial charge in [0.1, 0.15) is 5.54 Å². The molecule has 0 aliphatic heterocycles. The second-order valence-corrected chi connectivity index (χ2v) is 5.24. The van der Waals surface area contributed by atoms with Crippen molar-refractivity contribution >= 4 is 11.7 Å². The standard InChI is InChI=1S/C15H21NO2/c1-12-8-4-5-9-13(12)16-15(14(17)18)10-6-2-3-7-11-15/h4-5,8-9,16H,2-3,6-7,10-11H2,1H3,(H,17,18). The monoisotopic (exact) mass is 247 g/mol. The van der Waals surface area contributed by atoms with Crippen molar-refractivity contribution in [3.63, 3.8) is 0 Å². The lowest BCUT2D eigenvalue weighted by molar-refractivity contribution is -0.142. The van der Waals surface area contributed by atoms with E-state index in [-0.39, 0.29) is 0 Å². The Bertz CT molecular complexity index is 420. The fourth-order valence-electron chi connectivity index (χ4n) is 2.70. The van der Waals surface area contributed by atoms with Crippen molar-refractivity contribution in [1.82, 2.24) is 0 Å². The summed E-state index contributed by atoms with van der Waals surface area (Å²) in [7, 11) is 0. The van der Waals surface area contributed by atoms with Gasteiger partial charge < -0.3 is 10.4 Å². The van der Waals surface area contributed by atoms with Crippen LogP contribution in [-0.2, 0) is 4.79 Å². The van der Waals surface area contributed by atoms with Crippen LogP contribution in [0, 0.1) is 6.92 Å². The van der Waals surface area contributed by atoms with E-state index in [4.69, 9.17) is 0 Å². The van der Waals surface area contributed by atoms with Crippen LogP contribution in [0.5, 0.6) is 0 Å². The highest BCUT2D eigenvalue weighted by molar-refractivity contribution is 5.83. The van der Waals surface area contributed by atoms with Crippen molar-refractivity contribution in [3.05, 3.63) is 29.8 Å². The third-order valence-corrected chi connectivity index (χ3v) is 3.89. The molecule has 0 radical (unpaired) electrons. The maximum absolute atomic E-state index is 11.7. The first-order valence-electron chi connectivity index (χ1n) is 6.71. The fourth-order valence-corrected chi connectivity index (χ4v) is 2.70. The highest BCUT2D eigenvalue weighted by Crippen LogP contribution is 2.32. The molecule has 1 aliphatic rings. The molecule has 1 saturated carbocycles. The average molecular weight is 247 g/mol. The van der Waals surface area contributed by atoms with Gasteiger partial charge in [-0.3, -0.25) is 0 Å². The zero-order chi connectivity index (χ0) is 13.0. The van der Waals surface area contributed by atoms with Gasteiger partial charge in [-0.15, -0.1) is 0 Å². The molecule has 0 aromatic heterocycles. The van der Waals surface area contributed by atoms with Crippen molar-refractivity contribution in [3.8, 4) is 0 Å². The summed E-state index contributed by atoms with van der Waals surface area (Å²) in [6.07, 6.45) is 5.71. The van der Waals surface area contributed by atoms with Crippen LogP contribution in [0.4, 0.5) is 5.69 Å². The molecule has 0 atom stereocenters. The van der Waals surface area contributed by atoms with Gasteiger partial charge in [0.15, 0.2) is 0 Å². The lowest BCUT2D eigenvalue weighted by Gasteiger charge is -2.31. The Morgan fingerprint density at radius 3 is 2.33 bits per heavy atom. The highest BCUT2D eigenvalue weighted by atomic mass is 16.4. The summed E-state index contributed by atoms with van der Waals surface area (Å²) in [4.78, 5) is 11.7. The minimum atomic E-state index is -0.775. The highest BCUT2D eigenvalue weighted by Gasteiger charge is 2.38. The largest absolute Gasteiger partial charge is 0.480 e. The number of para-hydroxylation sites is 1. The molecule has 0 spiro atoms. The Balaban J connectivity index is 2.25. The van der Waals surface area contributed by atoms with Crippen molar-refractivity contribution in [2.24, 2.45) is 0 Å². The van der Waals surface area contributed by atoms with Crippen molar-refractivity contribution in [2.75, 3.05) is 5.32 Å². The van der Waals surface area contributed by atoms with Crippen LogP contribution in [-0.4, -0.2) is 16.6 Å². The summed E-state index contributed by atoms with van der Waals surface area (Å²) < 4.78 is 0. The van der Waals surface area contributed by atoms with E-state index in [1.807, 2.05) is 31.2 Å². The number of aryl methyl sites for hydroxylation is 1. The molecular weight excluding hydrogens is 226 g/mol. The molecule has 2 rings (SSSR count). The van der Waals surface area contributed by atoms with E-state index in [0.29, 0.717) is 0 Å². The molecule has 0 saturated heterocycles. The van der Waals surface area contributed by atoms with Gasteiger partial charge >= 0.3 is 5.97 Å². The third kappa shape index (κ3) is 2.66.